The fraction of sp³-hybridized carbons (Fsp3) is 0.500. The van der Waals surface area contributed by atoms with Gasteiger partial charge < -0.3 is 10.6 Å². The highest BCUT2D eigenvalue weighted by atomic mass is 19.1. The van der Waals surface area contributed by atoms with Crippen LogP contribution in [0.4, 0.5) is 4.39 Å². The van der Waals surface area contributed by atoms with Crippen molar-refractivity contribution in [2.45, 2.75) is 26.3 Å². The van der Waals surface area contributed by atoms with Crippen LogP contribution in [0.2, 0.25) is 0 Å². The van der Waals surface area contributed by atoms with Crippen molar-refractivity contribution in [1.29, 1.82) is 0 Å². The van der Waals surface area contributed by atoms with E-state index in [1.807, 2.05) is 0 Å². The molecule has 0 aliphatic carbocycles. The SMILES string of the molecule is Cc1cccc(C(=O)NC2CNCC(C)C2)c1F. The molecule has 18 heavy (non-hydrogen) atoms. The zero-order chi connectivity index (χ0) is 13.1. The summed E-state index contributed by atoms with van der Waals surface area (Å²) in [5.41, 5.74) is 0.631. The molecule has 1 saturated heterocycles. The molecule has 2 unspecified atom stereocenters. The van der Waals surface area contributed by atoms with Gasteiger partial charge in [0.25, 0.3) is 5.91 Å². The maximum atomic E-state index is 13.8. The number of aryl methyl sites for hydroxylation is 1. The van der Waals surface area contributed by atoms with Gasteiger partial charge in [-0.2, -0.15) is 0 Å². The lowest BCUT2D eigenvalue weighted by atomic mass is 9.97. The average Bonchev–Trinajstić information content (AvgIpc) is 2.32. The number of hydrogen-bond donors (Lipinski definition) is 2. The summed E-state index contributed by atoms with van der Waals surface area (Å²) in [5.74, 6) is -0.213. The highest BCUT2D eigenvalue weighted by molar-refractivity contribution is 5.94. The third kappa shape index (κ3) is 2.88. The Kier molecular flexibility index (Phi) is 3.97. The molecule has 0 bridgehead atoms. The molecule has 2 N–H and O–H groups in total. The maximum absolute atomic E-state index is 13.8. The van der Waals surface area contributed by atoms with Crippen molar-refractivity contribution in [3.63, 3.8) is 0 Å². The molecule has 0 radical (unpaired) electrons. The molecule has 0 aromatic heterocycles. The minimum Gasteiger partial charge on any atom is -0.348 e. The number of rotatable bonds is 2. The van der Waals surface area contributed by atoms with Crippen LogP contribution in [0.1, 0.15) is 29.3 Å². The van der Waals surface area contributed by atoms with E-state index in [0.717, 1.165) is 19.5 Å². The predicted octanol–water partition coefficient (Wildman–Crippen LogP) is 1.86. The quantitative estimate of drug-likeness (QED) is 0.841. The molecule has 1 aliphatic rings. The van der Waals surface area contributed by atoms with E-state index < -0.39 is 5.82 Å². The number of nitrogens with one attached hydrogen (secondary N) is 2. The predicted molar refractivity (Wildman–Crippen MR) is 69.0 cm³/mol. The minimum atomic E-state index is -0.424. The Balaban J connectivity index is 2.05. The zero-order valence-corrected chi connectivity index (χ0v) is 10.8. The normalized spacial score (nSPS) is 23.7. The molecule has 1 aromatic rings. The minimum absolute atomic E-state index is 0.0844. The monoisotopic (exact) mass is 250 g/mol. The summed E-state index contributed by atoms with van der Waals surface area (Å²) in [4.78, 5) is 12.0. The van der Waals surface area contributed by atoms with Gasteiger partial charge in [-0.3, -0.25) is 4.79 Å². The first-order chi connectivity index (χ1) is 8.58. The fourth-order valence-electron chi connectivity index (χ4n) is 2.35. The van der Waals surface area contributed by atoms with Crippen LogP contribution in [0.25, 0.3) is 0 Å². The van der Waals surface area contributed by atoms with Crippen LogP contribution in [0.5, 0.6) is 0 Å². The van der Waals surface area contributed by atoms with E-state index in [1.165, 1.54) is 6.07 Å². The van der Waals surface area contributed by atoms with E-state index in [2.05, 4.69) is 17.6 Å². The smallest absolute Gasteiger partial charge is 0.254 e. The maximum Gasteiger partial charge on any atom is 0.254 e. The van der Waals surface area contributed by atoms with Gasteiger partial charge in [-0.15, -0.1) is 0 Å². The first-order valence-corrected chi connectivity index (χ1v) is 6.34. The first kappa shape index (κ1) is 13.0. The molecule has 1 fully saturated rings. The van der Waals surface area contributed by atoms with E-state index in [-0.39, 0.29) is 17.5 Å². The van der Waals surface area contributed by atoms with Crippen LogP contribution < -0.4 is 10.6 Å². The van der Waals surface area contributed by atoms with E-state index in [4.69, 9.17) is 0 Å². The van der Waals surface area contributed by atoms with Crippen molar-refractivity contribution >= 4 is 5.91 Å². The Morgan fingerprint density at radius 3 is 2.94 bits per heavy atom. The Bertz CT molecular complexity index is 447. The summed E-state index contributed by atoms with van der Waals surface area (Å²) in [7, 11) is 0. The molecular formula is C14H19FN2O. The number of piperidine rings is 1. The summed E-state index contributed by atoms with van der Waals surface area (Å²) in [6.07, 6.45) is 0.937. The molecule has 98 valence electrons. The molecular weight excluding hydrogens is 231 g/mol. The lowest BCUT2D eigenvalue weighted by Crippen LogP contribution is -2.48. The standard InChI is InChI=1S/C14H19FN2O/c1-9-6-11(8-16-7-9)17-14(18)12-5-3-4-10(2)13(12)15/h3-5,9,11,16H,6-8H2,1-2H3,(H,17,18). The van der Waals surface area contributed by atoms with E-state index >= 15 is 0 Å². The molecule has 1 aliphatic heterocycles. The van der Waals surface area contributed by atoms with Crippen molar-refractivity contribution in [3.8, 4) is 0 Å². The van der Waals surface area contributed by atoms with Crippen molar-refractivity contribution in [1.82, 2.24) is 10.6 Å². The number of hydrogen-bond acceptors (Lipinski definition) is 2. The number of halogens is 1. The van der Waals surface area contributed by atoms with Gasteiger partial charge in [0.2, 0.25) is 0 Å². The van der Waals surface area contributed by atoms with Gasteiger partial charge in [-0.1, -0.05) is 19.1 Å². The van der Waals surface area contributed by atoms with Crippen molar-refractivity contribution < 1.29 is 9.18 Å². The van der Waals surface area contributed by atoms with Crippen molar-refractivity contribution in [3.05, 3.63) is 35.1 Å². The molecule has 1 aromatic carbocycles. The first-order valence-electron chi connectivity index (χ1n) is 6.34. The van der Waals surface area contributed by atoms with Gasteiger partial charge >= 0.3 is 0 Å². The lowest BCUT2D eigenvalue weighted by Gasteiger charge is -2.28. The van der Waals surface area contributed by atoms with Crippen molar-refractivity contribution in [2.75, 3.05) is 13.1 Å². The number of carbonyl (C=O) groups is 1. The van der Waals surface area contributed by atoms with Crippen molar-refractivity contribution in [2.24, 2.45) is 5.92 Å². The molecule has 3 nitrogen and oxygen atoms in total. The fourth-order valence-corrected chi connectivity index (χ4v) is 2.35. The van der Waals surface area contributed by atoms with Gasteiger partial charge in [-0.05, 0) is 37.4 Å². The topological polar surface area (TPSA) is 41.1 Å². The third-order valence-corrected chi connectivity index (χ3v) is 3.34. The van der Waals surface area contributed by atoms with Crippen LogP contribution in [-0.2, 0) is 0 Å². The van der Waals surface area contributed by atoms with Crippen LogP contribution in [0.15, 0.2) is 18.2 Å². The van der Waals surface area contributed by atoms with Gasteiger partial charge in [0.05, 0.1) is 5.56 Å². The van der Waals surface area contributed by atoms with Gasteiger partial charge in [0.15, 0.2) is 0 Å². The Labute approximate surface area is 107 Å². The van der Waals surface area contributed by atoms with Crippen LogP contribution in [-0.4, -0.2) is 25.0 Å². The lowest BCUT2D eigenvalue weighted by molar-refractivity contribution is 0.0921. The van der Waals surface area contributed by atoms with Gasteiger partial charge in [0, 0.05) is 12.6 Å². The van der Waals surface area contributed by atoms with Crippen LogP contribution in [0, 0.1) is 18.7 Å². The molecule has 1 amide bonds. The van der Waals surface area contributed by atoms with Crippen LogP contribution in [0.3, 0.4) is 0 Å². The summed E-state index contributed by atoms with van der Waals surface area (Å²) >= 11 is 0. The van der Waals surface area contributed by atoms with Crippen LogP contribution >= 0.6 is 0 Å². The molecule has 2 atom stereocenters. The number of carbonyl (C=O) groups excluding carboxylic acids is 1. The number of benzene rings is 1. The molecule has 2 rings (SSSR count). The second kappa shape index (κ2) is 5.48. The average molecular weight is 250 g/mol. The molecule has 4 heteroatoms. The summed E-state index contributed by atoms with van der Waals surface area (Å²) in [5, 5.41) is 6.15. The molecule has 1 heterocycles. The molecule has 0 spiro atoms. The Morgan fingerprint density at radius 1 is 1.44 bits per heavy atom. The van der Waals surface area contributed by atoms with E-state index in [9.17, 15) is 9.18 Å². The second-order valence-electron chi connectivity index (χ2n) is 5.11. The molecule has 0 saturated carbocycles. The van der Waals surface area contributed by atoms with E-state index in [1.54, 1.807) is 19.1 Å². The largest absolute Gasteiger partial charge is 0.348 e. The number of amides is 1. The Hall–Kier alpha value is -1.42. The Morgan fingerprint density at radius 2 is 2.22 bits per heavy atom. The third-order valence-electron chi connectivity index (χ3n) is 3.34. The summed E-state index contributed by atoms with van der Waals surface area (Å²) < 4.78 is 13.8. The summed E-state index contributed by atoms with van der Waals surface area (Å²) in [6.45, 7) is 5.53. The zero-order valence-electron chi connectivity index (χ0n) is 10.8. The van der Waals surface area contributed by atoms with Gasteiger partial charge in [0.1, 0.15) is 5.82 Å². The highest BCUT2D eigenvalue weighted by Crippen LogP contribution is 2.14. The highest BCUT2D eigenvalue weighted by Gasteiger charge is 2.22. The van der Waals surface area contributed by atoms with Gasteiger partial charge in [-0.25, -0.2) is 4.39 Å². The summed E-state index contributed by atoms with van der Waals surface area (Å²) in [6, 6.07) is 4.98. The van der Waals surface area contributed by atoms with E-state index in [0.29, 0.717) is 11.5 Å². The second-order valence-corrected chi connectivity index (χ2v) is 5.11.